The molecule has 0 atom stereocenters. The van der Waals surface area contributed by atoms with Gasteiger partial charge < -0.3 is 14.6 Å². The number of ether oxygens (including phenoxy) is 1. The Hall–Kier alpha value is -2.38. The van der Waals surface area contributed by atoms with Crippen molar-refractivity contribution in [3.8, 4) is 10.6 Å². The van der Waals surface area contributed by atoms with Crippen LogP contribution in [0, 0.1) is 0 Å². The standard InChI is InChI=1S/C22H28N4O2S/c1-4-26-13-20(23-3)19-11-16(5-6-21(19)26)22-24-17(14-29-22)12-25-9-7-18(8-10-25)28-15(2)27/h5-6,11,13-14,18,23H,4,7-10,12H2,1-3H3. The lowest BCUT2D eigenvalue weighted by molar-refractivity contribution is -0.148. The van der Waals surface area contributed by atoms with Crippen LogP contribution in [0.2, 0.25) is 0 Å². The number of thiazole rings is 1. The highest BCUT2D eigenvalue weighted by molar-refractivity contribution is 7.13. The summed E-state index contributed by atoms with van der Waals surface area (Å²) in [6.07, 6.45) is 4.03. The van der Waals surface area contributed by atoms with E-state index in [4.69, 9.17) is 9.72 Å². The molecule has 1 aliphatic heterocycles. The summed E-state index contributed by atoms with van der Waals surface area (Å²) in [6, 6.07) is 6.59. The molecule has 1 N–H and O–H groups in total. The number of carbonyl (C=O) groups is 1. The molecule has 0 unspecified atom stereocenters. The molecule has 2 aromatic heterocycles. The van der Waals surface area contributed by atoms with Gasteiger partial charge in [0.2, 0.25) is 0 Å². The molecule has 6 nitrogen and oxygen atoms in total. The molecule has 0 radical (unpaired) electrons. The molecular weight excluding hydrogens is 384 g/mol. The van der Waals surface area contributed by atoms with E-state index in [1.807, 2.05) is 7.05 Å². The van der Waals surface area contributed by atoms with Crippen molar-refractivity contribution >= 4 is 33.9 Å². The molecule has 3 heterocycles. The Kier molecular flexibility index (Phi) is 5.87. The predicted octanol–water partition coefficient (Wildman–Crippen LogP) is 4.35. The van der Waals surface area contributed by atoms with E-state index >= 15 is 0 Å². The lowest BCUT2D eigenvalue weighted by Gasteiger charge is -2.30. The zero-order chi connectivity index (χ0) is 20.4. The lowest BCUT2D eigenvalue weighted by atomic mass is 10.1. The summed E-state index contributed by atoms with van der Waals surface area (Å²) in [5.41, 5.74) is 4.66. The van der Waals surface area contributed by atoms with E-state index in [9.17, 15) is 4.79 Å². The van der Waals surface area contributed by atoms with Crippen molar-refractivity contribution in [2.75, 3.05) is 25.5 Å². The monoisotopic (exact) mass is 412 g/mol. The molecule has 0 aliphatic carbocycles. The number of benzene rings is 1. The van der Waals surface area contributed by atoms with Gasteiger partial charge in [0.1, 0.15) is 11.1 Å². The lowest BCUT2D eigenvalue weighted by Crippen LogP contribution is -2.37. The third-order valence-electron chi connectivity index (χ3n) is 5.54. The van der Waals surface area contributed by atoms with Crippen molar-refractivity contribution in [3.63, 3.8) is 0 Å². The van der Waals surface area contributed by atoms with Gasteiger partial charge in [0, 0.05) is 62.7 Å². The number of fused-ring (bicyclic) bond motifs is 1. The smallest absolute Gasteiger partial charge is 0.302 e. The summed E-state index contributed by atoms with van der Waals surface area (Å²) < 4.78 is 7.59. The van der Waals surface area contributed by atoms with Crippen LogP contribution < -0.4 is 5.32 Å². The number of anilines is 1. The van der Waals surface area contributed by atoms with E-state index < -0.39 is 0 Å². The van der Waals surface area contributed by atoms with E-state index in [0.717, 1.165) is 61.0 Å². The molecule has 29 heavy (non-hydrogen) atoms. The fourth-order valence-electron chi connectivity index (χ4n) is 4.05. The first kappa shape index (κ1) is 19.9. The minimum atomic E-state index is -0.180. The van der Waals surface area contributed by atoms with E-state index in [0.29, 0.717) is 0 Å². The first-order valence-electron chi connectivity index (χ1n) is 10.2. The molecule has 154 valence electrons. The van der Waals surface area contributed by atoms with Crippen LogP contribution in [0.4, 0.5) is 5.69 Å². The topological polar surface area (TPSA) is 59.4 Å². The Balaban J connectivity index is 1.46. The van der Waals surface area contributed by atoms with Crippen molar-refractivity contribution < 1.29 is 9.53 Å². The van der Waals surface area contributed by atoms with Gasteiger partial charge in [-0.2, -0.15) is 0 Å². The number of aryl methyl sites for hydroxylation is 1. The number of likely N-dealkylation sites (tertiary alicyclic amines) is 1. The highest BCUT2D eigenvalue weighted by Crippen LogP contribution is 2.32. The molecule has 1 saturated heterocycles. The summed E-state index contributed by atoms with van der Waals surface area (Å²) >= 11 is 1.70. The van der Waals surface area contributed by atoms with Gasteiger partial charge in [0.25, 0.3) is 0 Å². The van der Waals surface area contributed by atoms with Gasteiger partial charge in [-0.1, -0.05) is 0 Å². The second-order valence-electron chi connectivity index (χ2n) is 7.54. The zero-order valence-corrected chi connectivity index (χ0v) is 18.1. The molecule has 1 fully saturated rings. The second kappa shape index (κ2) is 8.55. The van der Waals surface area contributed by atoms with Crippen LogP contribution in [0.5, 0.6) is 0 Å². The van der Waals surface area contributed by atoms with Crippen LogP contribution in [0.3, 0.4) is 0 Å². The third kappa shape index (κ3) is 4.31. The number of esters is 1. The number of hydrogen-bond acceptors (Lipinski definition) is 6. The van der Waals surface area contributed by atoms with Crippen LogP contribution in [-0.4, -0.2) is 46.7 Å². The van der Waals surface area contributed by atoms with Crippen LogP contribution in [-0.2, 0) is 22.6 Å². The normalized spacial score (nSPS) is 15.7. The fraction of sp³-hybridized carbons (Fsp3) is 0.455. The largest absolute Gasteiger partial charge is 0.462 e. The number of hydrogen-bond donors (Lipinski definition) is 1. The first-order valence-corrected chi connectivity index (χ1v) is 11.1. The maximum absolute atomic E-state index is 11.1. The molecule has 1 aromatic carbocycles. The average molecular weight is 413 g/mol. The first-order chi connectivity index (χ1) is 14.1. The Labute approximate surface area is 175 Å². The van der Waals surface area contributed by atoms with Gasteiger partial charge in [-0.15, -0.1) is 11.3 Å². The molecule has 4 rings (SSSR count). The van der Waals surface area contributed by atoms with Gasteiger partial charge >= 0.3 is 5.97 Å². The van der Waals surface area contributed by atoms with E-state index in [1.165, 1.54) is 17.8 Å². The molecule has 0 bridgehead atoms. The highest BCUT2D eigenvalue weighted by Gasteiger charge is 2.22. The molecule has 0 saturated carbocycles. The van der Waals surface area contributed by atoms with Gasteiger partial charge in [-0.05, 0) is 38.0 Å². The second-order valence-corrected chi connectivity index (χ2v) is 8.40. The Bertz CT molecular complexity index is 1000. The zero-order valence-electron chi connectivity index (χ0n) is 17.3. The van der Waals surface area contributed by atoms with Crippen LogP contribution >= 0.6 is 11.3 Å². The Morgan fingerprint density at radius 1 is 1.34 bits per heavy atom. The number of nitrogens with one attached hydrogen (secondary N) is 1. The quantitative estimate of drug-likeness (QED) is 0.610. The Morgan fingerprint density at radius 2 is 2.14 bits per heavy atom. The van der Waals surface area contributed by atoms with Crippen LogP contribution in [0.25, 0.3) is 21.5 Å². The van der Waals surface area contributed by atoms with E-state index in [1.54, 1.807) is 11.3 Å². The van der Waals surface area contributed by atoms with Crippen molar-refractivity contribution in [1.82, 2.24) is 14.5 Å². The molecule has 7 heteroatoms. The van der Waals surface area contributed by atoms with Crippen molar-refractivity contribution in [3.05, 3.63) is 35.5 Å². The Morgan fingerprint density at radius 3 is 2.83 bits per heavy atom. The number of nitrogens with zero attached hydrogens (tertiary/aromatic N) is 3. The summed E-state index contributed by atoms with van der Waals surface area (Å²) in [4.78, 5) is 18.4. The third-order valence-corrected chi connectivity index (χ3v) is 6.48. The summed E-state index contributed by atoms with van der Waals surface area (Å²) in [7, 11) is 1.97. The van der Waals surface area contributed by atoms with Crippen LogP contribution in [0.15, 0.2) is 29.8 Å². The minimum Gasteiger partial charge on any atom is -0.462 e. The molecule has 3 aromatic rings. The van der Waals surface area contributed by atoms with Gasteiger partial charge in [-0.3, -0.25) is 9.69 Å². The van der Waals surface area contributed by atoms with E-state index in [-0.39, 0.29) is 12.1 Å². The molecule has 0 spiro atoms. The summed E-state index contributed by atoms with van der Waals surface area (Å²) in [5.74, 6) is -0.180. The molecule has 0 amide bonds. The van der Waals surface area contributed by atoms with Gasteiger partial charge in [-0.25, -0.2) is 4.98 Å². The summed E-state index contributed by atoms with van der Waals surface area (Å²) in [5, 5.41) is 7.75. The van der Waals surface area contributed by atoms with Crippen molar-refractivity contribution in [1.29, 1.82) is 0 Å². The number of aromatic nitrogens is 2. The minimum absolute atomic E-state index is 0.0678. The number of rotatable bonds is 6. The predicted molar refractivity (Wildman–Crippen MR) is 118 cm³/mol. The molecule has 1 aliphatic rings. The molecular formula is C22H28N4O2S. The van der Waals surface area contributed by atoms with Crippen LogP contribution in [0.1, 0.15) is 32.4 Å². The fourth-order valence-corrected chi connectivity index (χ4v) is 4.86. The number of carbonyl (C=O) groups excluding carboxylic acids is 1. The maximum atomic E-state index is 11.1. The SMILES string of the molecule is CCn1cc(NC)c2cc(-c3nc(CN4CCC(OC(C)=O)CC4)cs3)ccc21. The number of piperidine rings is 1. The summed E-state index contributed by atoms with van der Waals surface area (Å²) in [6.45, 7) is 7.32. The van der Waals surface area contributed by atoms with Gasteiger partial charge in [0.15, 0.2) is 0 Å². The van der Waals surface area contributed by atoms with Gasteiger partial charge in [0.05, 0.1) is 16.9 Å². The average Bonchev–Trinajstić information content (AvgIpc) is 3.32. The van der Waals surface area contributed by atoms with E-state index in [2.05, 4.69) is 51.5 Å². The highest BCUT2D eigenvalue weighted by atomic mass is 32.1. The van der Waals surface area contributed by atoms with Crippen molar-refractivity contribution in [2.24, 2.45) is 0 Å². The van der Waals surface area contributed by atoms with Crippen molar-refractivity contribution in [2.45, 2.75) is 45.9 Å². The maximum Gasteiger partial charge on any atom is 0.302 e.